The highest BCUT2D eigenvalue weighted by Crippen LogP contribution is 2.00. The molecule has 0 N–H and O–H groups in total. The third-order valence-electron chi connectivity index (χ3n) is 1.79. The van der Waals surface area contributed by atoms with Crippen molar-refractivity contribution in [2.75, 3.05) is 26.7 Å². The minimum Gasteiger partial charge on any atom is -0.465 e. The van der Waals surface area contributed by atoms with Gasteiger partial charge < -0.3 is 4.74 Å². The number of carbonyl (C=O) groups excluding carboxylic acids is 1. The Morgan fingerprint density at radius 3 is 2.54 bits per heavy atom. The summed E-state index contributed by atoms with van der Waals surface area (Å²) in [5, 5.41) is 0. The standard InChI is InChI=1S/C10H21NO2/c1-5-13-10(12)8-11(4)7-6-9(2)3/h9H,5-8H2,1-4H3. The first kappa shape index (κ1) is 12.4. The molecule has 0 saturated heterocycles. The molecular weight excluding hydrogens is 166 g/mol. The van der Waals surface area contributed by atoms with Crippen LogP contribution in [0.3, 0.4) is 0 Å². The lowest BCUT2D eigenvalue weighted by molar-refractivity contribution is -0.144. The third-order valence-corrected chi connectivity index (χ3v) is 1.79. The van der Waals surface area contributed by atoms with Crippen LogP contribution in [0.4, 0.5) is 0 Å². The van der Waals surface area contributed by atoms with Crippen molar-refractivity contribution < 1.29 is 9.53 Å². The summed E-state index contributed by atoms with van der Waals surface area (Å²) in [5.41, 5.74) is 0. The van der Waals surface area contributed by atoms with Crippen LogP contribution in [0.1, 0.15) is 27.2 Å². The molecule has 0 bridgehead atoms. The Morgan fingerprint density at radius 1 is 1.46 bits per heavy atom. The number of ether oxygens (including phenoxy) is 1. The lowest BCUT2D eigenvalue weighted by atomic mass is 10.1. The fraction of sp³-hybridized carbons (Fsp3) is 0.900. The fourth-order valence-corrected chi connectivity index (χ4v) is 0.985. The molecule has 0 unspecified atom stereocenters. The Kier molecular flexibility index (Phi) is 6.59. The van der Waals surface area contributed by atoms with Crippen LogP contribution in [-0.2, 0) is 9.53 Å². The zero-order chi connectivity index (χ0) is 10.3. The van der Waals surface area contributed by atoms with Gasteiger partial charge in [-0.15, -0.1) is 0 Å². The highest BCUT2D eigenvalue weighted by atomic mass is 16.5. The van der Waals surface area contributed by atoms with Gasteiger partial charge in [-0.25, -0.2) is 0 Å². The molecule has 78 valence electrons. The maximum absolute atomic E-state index is 11.0. The Morgan fingerprint density at radius 2 is 2.08 bits per heavy atom. The van der Waals surface area contributed by atoms with Gasteiger partial charge in [-0.3, -0.25) is 9.69 Å². The van der Waals surface area contributed by atoms with Gasteiger partial charge >= 0.3 is 5.97 Å². The molecule has 0 heterocycles. The smallest absolute Gasteiger partial charge is 0.320 e. The van der Waals surface area contributed by atoms with Crippen LogP contribution in [0.5, 0.6) is 0 Å². The number of hydrogen-bond donors (Lipinski definition) is 0. The number of rotatable bonds is 6. The maximum Gasteiger partial charge on any atom is 0.320 e. The molecule has 0 atom stereocenters. The van der Waals surface area contributed by atoms with Crippen molar-refractivity contribution in [2.45, 2.75) is 27.2 Å². The maximum atomic E-state index is 11.0. The summed E-state index contributed by atoms with van der Waals surface area (Å²) in [6.45, 7) is 8.01. The Bertz CT molecular complexity index is 146. The quantitative estimate of drug-likeness (QED) is 0.591. The number of carbonyl (C=O) groups is 1. The number of nitrogens with zero attached hydrogens (tertiary/aromatic N) is 1. The molecule has 0 aromatic carbocycles. The van der Waals surface area contributed by atoms with Crippen LogP contribution in [0, 0.1) is 5.92 Å². The minimum absolute atomic E-state index is 0.131. The van der Waals surface area contributed by atoms with Crippen molar-refractivity contribution in [3.63, 3.8) is 0 Å². The minimum atomic E-state index is -0.131. The van der Waals surface area contributed by atoms with Crippen LogP contribution in [0.15, 0.2) is 0 Å². The largest absolute Gasteiger partial charge is 0.465 e. The van der Waals surface area contributed by atoms with Crippen LogP contribution >= 0.6 is 0 Å². The second-order valence-corrected chi connectivity index (χ2v) is 3.73. The van der Waals surface area contributed by atoms with E-state index in [1.165, 1.54) is 0 Å². The second kappa shape index (κ2) is 6.89. The van der Waals surface area contributed by atoms with Crippen molar-refractivity contribution in [1.29, 1.82) is 0 Å². The predicted octanol–water partition coefficient (Wildman–Crippen LogP) is 1.53. The van der Waals surface area contributed by atoms with Crippen LogP contribution in [-0.4, -0.2) is 37.6 Å². The van der Waals surface area contributed by atoms with Crippen molar-refractivity contribution in [3.05, 3.63) is 0 Å². The molecule has 0 spiro atoms. The Hall–Kier alpha value is -0.570. The lowest BCUT2D eigenvalue weighted by Crippen LogP contribution is -2.28. The fourth-order valence-electron chi connectivity index (χ4n) is 0.985. The normalized spacial score (nSPS) is 10.9. The molecule has 0 aliphatic rings. The number of hydrogen-bond acceptors (Lipinski definition) is 3. The zero-order valence-electron chi connectivity index (χ0n) is 9.17. The lowest BCUT2D eigenvalue weighted by Gasteiger charge is -2.16. The van der Waals surface area contributed by atoms with Gasteiger partial charge in [0.05, 0.1) is 13.2 Å². The molecule has 13 heavy (non-hydrogen) atoms. The summed E-state index contributed by atoms with van der Waals surface area (Å²) >= 11 is 0. The van der Waals surface area contributed by atoms with E-state index in [0.29, 0.717) is 19.1 Å². The average Bonchev–Trinajstić information content (AvgIpc) is 2.01. The number of likely N-dealkylation sites (N-methyl/N-ethyl adjacent to an activating group) is 1. The summed E-state index contributed by atoms with van der Waals surface area (Å²) in [7, 11) is 1.94. The van der Waals surface area contributed by atoms with E-state index in [9.17, 15) is 4.79 Å². The van der Waals surface area contributed by atoms with Crippen molar-refractivity contribution in [2.24, 2.45) is 5.92 Å². The van der Waals surface area contributed by atoms with Gasteiger partial charge in [0.15, 0.2) is 0 Å². The van der Waals surface area contributed by atoms with Gasteiger partial charge in [-0.2, -0.15) is 0 Å². The van der Waals surface area contributed by atoms with E-state index in [-0.39, 0.29) is 5.97 Å². The van der Waals surface area contributed by atoms with E-state index < -0.39 is 0 Å². The first-order valence-electron chi connectivity index (χ1n) is 4.90. The average molecular weight is 187 g/mol. The van der Waals surface area contributed by atoms with Crippen LogP contribution in [0.2, 0.25) is 0 Å². The highest BCUT2D eigenvalue weighted by Gasteiger charge is 2.06. The van der Waals surface area contributed by atoms with E-state index in [1.54, 1.807) is 0 Å². The summed E-state index contributed by atoms with van der Waals surface area (Å²) < 4.78 is 4.84. The molecule has 0 saturated carbocycles. The Balaban J connectivity index is 3.49. The molecule has 0 aliphatic carbocycles. The number of esters is 1. The predicted molar refractivity (Wildman–Crippen MR) is 53.6 cm³/mol. The van der Waals surface area contributed by atoms with Crippen LogP contribution in [0.25, 0.3) is 0 Å². The first-order valence-corrected chi connectivity index (χ1v) is 4.90. The molecule has 3 nitrogen and oxygen atoms in total. The van der Waals surface area contributed by atoms with E-state index in [4.69, 9.17) is 4.74 Å². The summed E-state index contributed by atoms with van der Waals surface area (Å²) in [5.74, 6) is 0.554. The monoisotopic (exact) mass is 187 g/mol. The van der Waals surface area contributed by atoms with Gasteiger partial charge in [-0.1, -0.05) is 13.8 Å². The molecule has 0 radical (unpaired) electrons. The topological polar surface area (TPSA) is 29.5 Å². The zero-order valence-corrected chi connectivity index (χ0v) is 9.17. The Labute approximate surface area is 81.1 Å². The van der Waals surface area contributed by atoms with Crippen molar-refractivity contribution >= 4 is 5.97 Å². The molecule has 0 aromatic heterocycles. The molecule has 0 aliphatic heterocycles. The van der Waals surface area contributed by atoms with Gasteiger partial charge in [0.25, 0.3) is 0 Å². The van der Waals surface area contributed by atoms with E-state index in [2.05, 4.69) is 13.8 Å². The van der Waals surface area contributed by atoms with Gasteiger partial charge in [0, 0.05) is 0 Å². The summed E-state index contributed by atoms with van der Waals surface area (Å²) in [6, 6.07) is 0. The highest BCUT2D eigenvalue weighted by molar-refractivity contribution is 5.71. The van der Waals surface area contributed by atoms with Crippen molar-refractivity contribution in [1.82, 2.24) is 4.90 Å². The van der Waals surface area contributed by atoms with E-state index in [0.717, 1.165) is 13.0 Å². The molecule has 0 rings (SSSR count). The molecule has 0 amide bonds. The van der Waals surface area contributed by atoms with E-state index in [1.807, 2.05) is 18.9 Å². The summed E-state index contributed by atoms with van der Waals surface area (Å²) in [4.78, 5) is 13.0. The summed E-state index contributed by atoms with van der Waals surface area (Å²) in [6.07, 6.45) is 1.12. The molecule has 3 heteroatoms. The van der Waals surface area contributed by atoms with Crippen LogP contribution < -0.4 is 0 Å². The van der Waals surface area contributed by atoms with Gasteiger partial charge in [0.2, 0.25) is 0 Å². The van der Waals surface area contributed by atoms with Gasteiger partial charge in [-0.05, 0) is 32.9 Å². The molecular formula is C10H21NO2. The third kappa shape index (κ3) is 7.78. The first-order chi connectivity index (χ1) is 6.06. The molecule has 0 aromatic rings. The molecule has 0 fully saturated rings. The van der Waals surface area contributed by atoms with Gasteiger partial charge in [0.1, 0.15) is 0 Å². The van der Waals surface area contributed by atoms with E-state index >= 15 is 0 Å². The van der Waals surface area contributed by atoms with Crippen molar-refractivity contribution in [3.8, 4) is 0 Å². The second-order valence-electron chi connectivity index (χ2n) is 3.73. The SMILES string of the molecule is CCOC(=O)CN(C)CCC(C)C.